The van der Waals surface area contributed by atoms with Crippen LogP contribution in [0.4, 0.5) is 0 Å². The van der Waals surface area contributed by atoms with Gasteiger partial charge in [0.25, 0.3) is 5.91 Å². The third-order valence-corrected chi connectivity index (χ3v) is 2.11. The molecule has 2 aromatic rings. The second kappa shape index (κ2) is 5.01. The minimum atomic E-state index is -0.661. The summed E-state index contributed by atoms with van der Waals surface area (Å²) in [6.45, 7) is -0.277. The SMILES string of the molecule is O=C=NC(=O)COc1ccc2ncccc2c1. The number of carbonyl (C=O) groups is 1. The fraction of sp³-hybridized carbons (Fsp3) is 0.0833. The molecular formula is C12H8N2O3. The van der Waals surface area contributed by atoms with Crippen molar-refractivity contribution in [3.05, 3.63) is 36.5 Å². The first-order chi connectivity index (χ1) is 8.29. The van der Waals surface area contributed by atoms with Crippen molar-refractivity contribution in [1.29, 1.82) is 0 Å². The van der Waals surface area contributed by atoms with Crippen molar-refractivity contribution in [1.82, 2.24) is 4.98 Å². The highest BCUT2D eigenvalue weighted by Crippen LogP contribution is 2.18. The quantitative estimate of drug-likeness (QED) is 0.589. The first-order valence-electron chi connectivity index (χ1n) is 4.88. The molecule has 0 bridgehead atoms. The van der Waals surface area contributed by atoms with E-state index >= 15 is 0 Å². The molecule has 0 aliphatic heterocycles. The molecule has 0 fully saturated rings. The molecule has 0 saturated carbocycles. The van der Waals surface area contributed by atoms with Gasteiger partial charge < -0.3 is 4.74 Å². The van der Waals surface area contributed by atoms with Gasteiger partial charge in [0, 0.05) is 11.6 Å². The molecule has 0 spiro atoms. The van der Waals surface area contributed by atoms with E-state index in [2.05, 4.69) is 9.98 Å². The summed E-state index contributed by atoms with van der Waals surface area (Å²) in [5.41, 5.74) is 0.845. The predicted molar refractivity (Wildman–Crippen MR) is 60.4 cm³/mol. The summed E-state index contributed by atoms with van der Waals surface area (Å²) in [4.78, 5) is 27.8. The van der Waals surface area contributed by atoms with E-state index in [-0.39, 0.29) is 6.61 Å². The highest BCUT2D eigenvalue weighted by atomic mass is 16.5. The lowest BCUT2D eigenvalue weighted by Crippen LogP contribution is -2.08. The molecule has 1 amide bonds. The van der Waals surface area contributed by atoms with Crippen LogP contribution in [-0.4, -0.2) is 23.6 Å². The van der Waals surface area contributed by atoms with Crippen LogP contribution < -0.4 is 4.74 Å². The average Bonchev–Trinajstić information content (AvgIpc) is 2.36. The third kappa shape index (κ3) is 2.74. The molecule has 17 heavy (non-hydrogen) atoms. The van der Waals surface area contributed by atoms with E-state index in [1.54, 1.807) is 24.4 Å². The van der Waals surface area contributed by atoms with Crippen molar-refractivity contribution >= 4 is 22.9 Å². The van der Waals surface area contributed by atoms with Gasteiger partial charge in [-0.05, 0) is 24.3 Å². The van der Waals surface area contributed by atoms with Gasteiger partial charge in [-0.3, -0.25) is 9.78 Å². The summed E-state index contributed by atoms with van der Waals surface area (Å²) >= 11 is 0. The number of rotatable bonds is 3. The van der Waals surface area contributed by atoms with Crippen LogP contribution in [-0.2, 0) is 9.59 Å². The van der Waals surface area contributed by atoms with Crippen LogP contribution in [0.3, 0.4) is 0 Å². The minimum Gasteiger partial charge on any atom is -0.484 e. The maximum absolute atomic E-state index is 10.9. The predicted octanol–water partition coefficient (Wildman–Crippen LogP) is 1.48. The molecule has 0 N–H and O–H groups in total. The van der Waals surface area contributed by atoms with Crippen LogP contribution in [0.2, 0.25) is 0 Å². The number of nitrogens with zero attached hydrogens (tertiary/aromatic N) is 2. The number of hydrogen-bond donors (Lipinski definition) is 0. The number of amides is 1. The van der Waals surface area contributed by atoms with Gasteiger partial charge in [0.1, 0.15) is 5.75 Å². The van der Waals surface area contributed by atoms with Gasteiger partial charge in [0.2, 0.25) is 6.08 Å². The minimum absolute atomic E-state index is 0.277. The second-order valence-electron chi connectivity index (χ2n) is 3.24. The highest BCUT2D eigenvalue weighted by molar-refractivity contribution is 5.83. The molecule has 1 heterocycles. The molecule has 84 valence electrons. The number of benzene rings is 1. The molecule has 1 aromatic heterocycles. The third-order valence-electron chi connectivity index (χ3n) is 2.11. The number of fused-ring (bicyclic) bond motifs is 1. The molecule has 0 atom stereocenters. The number of aliphatic imine (C=N–C) groups is 1. The Morgan fingerprint density at radius 2 is 2.29 bits per heavy atom. The van der Waals surface area contributed by atoms with E-state index in [1.807, 2.05) is 12.1 Å². The van der Waals surface area contributed by atoms with Crippen LogP contribution >= 0.6 is 0 Å². The molecular weight excluding hydrogens is 220 g/mol. The lowest BCUT2D eigenvalue weighted by molar-refractivity contribution is -0.119. The second-order valence-corrected chi connectivity index (χ2v) is 3.24. The van der Waals surface area contributed by atoms with Crippen molar-refractivity contribution in [2.75, 3.05) is 6.61 Å². The van der Waals surface area contributed by atoms with E-state index in [4.69, 9.17) is 4.74 Å². The largest absolute Gasteiger partial charge is 0.484 e. The molecule has 5 nitrogen and oxygen atoms in total. The van der Waals surface area contributed by atoms with Crippen molar-refractivity contribution in [2.45, 2.75) is 0 Å². The first kappa shape index (κ1) is 11.0. The number of pyridine rings is 1. The van der Waals surface area contributed by atoms with Crippen LogP contribution in [0.1, 0.15) is 0 Å². The van der Waals surface area contributed by atoms with Gasteiger partial charge in [0.05, 0.1) is 5.52 Å². The zero-order chi connectivity index (χ0) is 12.1. The summed E-state index contributed by atoms with van der Waals surface area (Å²) in [5.74, 6) is -0.133. The molecule has 2 rings (SSSR count). The smallest absolute Gasteiger partial charge is 0.294 e. The zero-order valence-electron chi connectivity index (χ0n) is 8.79. The standard InChI is InChI=1S/C12H8N2O3/c15-8-14-12(16)7-17-10-3-4-11-9(6-10)2-1-5-13-11/h1-6H,7H2. The van der Waals surface area contributed by atoms with Crippen LogP contribution in [0.25, 0.3) is 10.9 Å². The Balaban J connectivity index is 2.14. The fourth-order valence-electron chi connectivity index (χ4n) is 1.37. The molecule has 0 unspecified atom stereocenters. The Bertz CT molecular complexity index is 603. The Hall–Kier alpha value is -2.52. The number of ether oxygens (including phenoxy) is 1. The summed E-state index contributed by atoms with van der Waals surface area (Å²) in [6.07, 6.45) is 2.87. The Labute approximate surface area is 96.8 Å². The Morgan fingerprint density at radius 1 is 1.41 bits per heavy atom. The first-order valence-corrected chi connectivity index (χ1v) is 4.88. The van der Waals surface area contributed by atoms with E-state index in [9.17, 15) is 9.59 Å². The number of isocyanates is 1. The fourth-order valence-corrected chi connectivity index (χ4v) is 1.37. The van der Waals surface area contributed by atoms with Gasteiger partial charge in [-0.1, -0.05) is 6.07 Å². The summed E-state index contributed by atoms with van der Waals surface area (Å²) in [6, 6.07) is 8.96. The molecule has 0 radical (unpaired) electrons. The van der Waals surface area contributed by atoms with Crippen molar-refractivity contribution in [2.24, 2.45) is 4.99 Å². The number of hydrogen-bond acceptors (Lipinski definition) is 4. The van der Waals surface area contributed by atoms with Crippen LogP contribution in [0.15, 0.2) is 41.5 Å². The van der Waals surface area contributed by atoms with Crippen molar-refractivity contribution in [3.8, 4) is 5.75 Å². The van der Waals surface area contributed by atoms with E-state index in [0.29, 0.717) is 5.75 Å². The van der Waals surface area contributed by atoms with Gasteiger partial charge in [0.15, 0.2) is 6.61 Å². The lowest BCUT2D eigenvalue weighted by Gasteiger charge is -2.04. The van der Waals surface area contributed by atoms with Gasteiger partial charge in [-0.15, -0.1) is 4.99 Å². The van der Waals surface area contributed by atoms with Crippen LogP contribution in [0.5, 0.6) is 5.75 Å². The monoisotopic (exact) mass is 228 g/mol. The van der Waals surface area contributed by atoms with E-state index < -0.39 is 5.91 Å². The maximum atomic E-state index is 10.9. The number of aromatic nitrogens is 1. The summed E-state index contributed by atoms with van der Waals surface area (Å²) in [7, 11) is 0. The highest BCUT2D eigenvalue weighted by Gasteiger charge is 2.02. The van der Waals surface area contributed by atoms with E-state index in [0.717, 1.165) is 10.9 Å². The van der Waals surface area contributed by atoms with E-state index in [1.165, 1.54) is 6.08 Å². The van der Waals surface area contributed by atoms with Crippen LogP contribution in [0, 0.1) is 0 Å². The zero-order valence-corrected chi connectivity index (χ0v) is 8.79. The lowest BCUT2D eigenvalue weighted by atomic mass is 10.2. The number of carbonyl (C=O) groups excluding carboxylic acids is 2. The summed E-state index contributed by atoms with van der Waals surface area (Å²) in [5, 5.41) is 0.913. The molecule has 5 heteroatoms. The maximum Gasteiger partial charge on any atom is 0.294 e. The van der Waals surface area contributed by atoms with Gasteiger partial charge in [-0.2, -0.15) is 0 Å². The Morgan fingerprint density at radius 3 is 3.12 bits per heavy atom. The topological polar surface area (TPSA) is 68.6 Å². The molecule has 0 saturated heterocycles. The van der Waals surface area contributed by atoms with Gasteiger partial charge in [-0.25, -0.2) is 4.79 Å². The average molecular weight is 228 g/mol. The normalized spacial score (nSPS) is 9.65. The molecule has 0 aliphatic carbocycles. The Kier molecular flexibility index (Phi) is 3.23. The van der Waals surface area contributed by atoms with Gasteiger partial charge >= 0.3 is 0 Å². The molecule has 1 aromatic carbocycles. The van der Waals surface area contributed by atoms with Crippen molar-refractivity contribution < 1.29 is 14.3 Å². The molecule has 0 aliphatic rings. The van der Waals surface area contributed by atoms with Crippen molar-refractivity contribution in [3.63, 3.8) is 0 Å². The summed E-state index contributed by atoms with van der Waals surface area (Å²) < 4.78 is 5.18.